The zero-order chi connectivity index (χ0) is 29.5. The molecular formula is C34H34FN3O4. The van der Waals surface area contributed by atoms with Gasteiger partial charge in [-0.2, -0.15) is 0 Å². The van der Waals surface area contributed by atoms with Gasteiger partial charge < -0.3 is 19.7 Å². The number of hydrogen-bond donors (Lipinski definition) is 1. The average Bonchev–Trinajstić information content (AvgIpc) is 3.45. The summed E-state index contributed by atoms with van der Waals surface area (Å²) < 4.78 is 24.9. The molecule has 0 fully saturated rings. The predicted octanol–water partition coefficient (Wildman–Crippen LogP) is 5.69. The minimum absolute atomic E-state index is 0.154. The van der Waals surface area contributed by atoms with E-state index in [9.17, 15) is 14.0 Å². The monoisotopic (exact) mass is 567 g/mol. The molecular weight excluding hydrogens is 533 g/mol. The van der Waals surface area contributed by atoms with Crippen molar-refractivity contribution >= 4 is 23.2 Å². The summed E-state index contributed by atoms with van der Waals surface area (Å²) in [4.78, 5) is 31.8. The standard InChI is InChI=1S/C34H34FN3O4/c1-41-30-17-12-26(22-31(30)42-2)33(34(40)36-23-24-8-4-3-5-9-24)38(28-15-13-27(35)14-16-28)32(39)19-21-37-20-18-25-10-6-7-11-29(25)37/h3-17,22,33H,18-21,23H2,1-2H3,(H,36,40). The maximum absolute atomic E-state index is 14.1. The summed E-state index contributed by atoms with van der Waals surface area (Å²) in [6, 6.07) is 27.5. The summed E-state index contributed by atoms with van der Waals surface area (Å²) in [5.74, 6) is -0.153. The number of ether oxygens (including phenoxy) is 2. The highest BCUT2D eigenvalue weighted by Gasteiger charge is 2.34. The van der Waals surface area contributed by atoms with Crippen LogP contribution in [0.1, 0.15) is 29.2 Å². The van der Waals surface area contributed by atoms with E-state index in [1.165, 1.54) is 48.9 Å². The summed E-state index contributed by atoms with van der Waals surface area (Å²) in [6.45, 7) is 1.58. The highest BCUT2D eigenvalue weighted by Crippen LogP contribution is 2.35. The third-order valence-electron chi connectivity index (χ3n) is 7.49. The van der Waals surface area contributed by atoms with E-state index in [1.807, 2.05) is 42.5 Å². The molecule has 1 aliphatic rings. The molecule has 1 unspecified atom stereocenters. The second kappa shape index (κ2) is 13.2. The van der Waals surface area contributed by atoms with E-state index in [4.69, 9.17) is 9.47 Å². The van der Waals surface area contributed by atoms with Crippen LogP contribution >= 0.6 is 0 Å². The zero-order valence-electron chi connectivity index (χ0n) is 23.8. The molecule has 0 saturated carbocycles. The molecule has 0 aromatic heterocycles. The fourth-order valence-electron chi connectivity index (χ4n) is 5.35. The molecule has 216 valence electrons. The van der Waals surface area contributed by atoms with Gasteiger partial charge in [0.25, 0.3) is 0 Å². The number of halogens is 1. The summed E-state index contributed by atoms with van der Waals surface area (Å²) in [5.41, 5.74) is 4.24. The first-order chi connectivity index (χ1) is 20.5. The number of nitrogens with one attached hydrogen (secondary N) is 1. The van der Waals surface area contributed by atoms with E-state index in [1.54, 1.807) is 18.2 Å². The van der Waals surface area contributed by atoms with Gasteiger partial charge in [0.05, 0.1) is 14.2 Å². The van der Waals surface area contributed by atoms with Crippen LogP contribution in [0.2, 0.25) is 0 Å². The number of nitrogens with zero attached hydrogens (tertiary/aromatic N) is 2. The zero-order valence-corrected chi connectivity index (χ0v) is 23.8. The van der Waals surface area contributed by atoms with Gasteiger partial charge in [-0.15, -0.1) is 0 Å². The third-order valence-corrected chi connectivity index (χ3v) is 7.49. The van der Waals surface area contributed by atoms with Gasteiger partial charge in [-0.3, -0.25) is 14.5 Å². The molecule has 8 heteroatoms. The van der Waals surface area contributed by atoms with Crippen LogP contribution in [-0.2, 0) is 22.6 Å². The Morgan fingerprint density at radius 1 is 0.905 bits per heavy atom. The van der Waals surface area contributed by atoms with Crippen LogP contribution in [0.15, 0.2) is 97.1 Å². The predicted molar refractivity (Wildman–Crippen MR) is 161 cm³/mol. The number of para-hydroxylation sites is 1. The van der Waals surface area contributed by atoms with Gasteiger partial charge >= 0.3 is 0 Å². The molecule has 0 radical (unpaired) electrons. The van der Waals surface area contributed by atoms with Crippen LogP contribution in [-0.4, -0.2) is 39.1 Å². The molecule has 7 nitrogen and oxygen atoms in total. The SMILES string of the molecule is COc1ccc(C(C(=O)NCc2ccccc2)N(C(=O)CCN2CCc3ccccc32)c2ccc(F)cc2)cc1OC. The van der Waals surface area contributed by atoms with Gasteiger partial charge in [-0.05, 0) is 65.6 Å². The maximum Gasteiger partial charge on any atom is 0.248 e. The number of amides is 2. The van der Waals surface area contributed by atoms with Gasteiger partial charge in [0, 0.05) is 37.4 Å². The average molecular weight is 568 g/mol. The molecule has 0 bridgehead atoms. The molecule has 5 rings (SSSR count). The first-order valence-electron chi connectivity index (χ1n) is 13.9. The highest BCUT2D eigenvalue weighted by molar-refractivity contribution is 6.01. The molecule has 2 amide bonds. The molecule has 1 heterocycles. The molecule has 1 atom stereocenters. The second-order valence-electron chi connectivity index (χ2n) is 10.1. The van der Waals surface area contributed by atoms with E-state index < -0.39 is 11.9 Å². The lowest BCUT2D eigenvalue weighted by atomic mass is 10.0. The minimum atomic E-state index is -1.06. The first-order valence-corrected chi connectivity index (χ1v) is 13.9. The van der Waals surface area contributed by atoms with E-state index in [0.717, 1.165) is 24.2 Å². The van der Waals surface area contributed by atoms with Crippen molar-refractivity contribution in [1.82, 2.24) is 5.32 Å². The lowest BCUT2D eigenvalue weighted by Crippen LogP contribution is -2.44. The molecule has 0 aliphatic carbocycles. The Labute approximate surface area is 245 Å². The number of fused-ring (bicyclic) bond motifs is 1. The summed E-state index contributed by atoms with van der Waals surface area (Å²) in [6.07, 6.45) is 1.07. The van der Waals surface area contributed by atoms with Crippen molar-refractivity contribution < 1.29 is 23.5 Å². The van der Waals surface area contributed by atoms with Crippen molar-refractivity contribution in [2.75, 3.05) is 37.1 Å². The minimum Gasteiger partial charge on any atom is -0.493 e. The summed E-state index contributed by atoms with van der Waals surface area (Å²) in [5, 5.41) is 3.00. The van der Waals surface area contributed by atoms with Crippen LogP contribution in [0.3, 0.4) is 0 Å². The van der Waals surface area contributed by atoms with Gasteiger partial charge in [0.2, 0.25) is 11.8 Å². The number of benzene rings is 4. The van der Waals surface area contributed by atoms with Crippen LogP contribution in [0.25, 0.3) is 0 Å². The molecule has 4 aromatic rings. The summed E-state index contributed by atoms with van der Waals surface area (Å²) in [7, 11) is 3.05. The number of carbonyl (C=O) groups excluding carboxylic acids is 2. The molecule has 0 spiro atoms. The molecule has 1 aliphatic heterocycles. The van der Waals surface area contributed by atoms with E-state index >= 15 is 0 Å². The number of carbonyl (C=O) groups is 2. The van der Waals surface area contributed by atoms with Gasteiger partial charge in [-0.25, -0.2) is 4.39 Å². The fourth-order valence-corrected chi connectivity index (χ4v) is 5.35. The van der Waals surface area contributed by atoms with E-state index in [0.29, 0.717) is 29.3 Å². The number of hydrogen-bond acceptors (Lipinski definition) is 5. The van der Waals surface area contributed by atoms with Crippen LogP contribution in [0, 0.1) is 5.82 Å². The van der Waals surface area contributed by atoms with Crippen molar-refractivity contribution in [2.24, 2.45) is 0 Å². The lowest BCUT2D eigenvalue weighted by molar-refractivity contribution is -0.126. The van der Waals surface area contributed by atoms with Crippen molar-refractivity contribution in [3.05, 3.63) is 120 Å². The highest BCUT2D eigenvalue weighted by atomic mass is 19.1. The molecule has 42 heavy (non-hydrogen) atoms. The Kier molecular flexibility index (Phi) is 9.02. The Morgan fingerprint density at radius 2 is 1.62 bits per heavy atom. The number of anilines is 2. The Morgan fingerprint density at radius 3 is 2.36 bits per heavy atom. The van der Waals surface area contributed by atoms with Crippen molar-refractivity contribution in [2.45, 2.75) is 25.4 Å². The third kappa shape index (κ3) is 6.38. The smallest absolute Gasteiger partial charge is 0.248 e. The molecule has 0 saturated heterocycles. The topological polar surface area (TPSA) is 71.1 Å². The molecule has 4 aromatic carbocycles. The fraction of sp³-hybridized carbons (Fsp3) is 0.235. The normalized spacial score (nSPS) is 12.8. The maximum atomic E-state index is 14.1. The van der Waals surface area contributed by atoms with Crippen molar-refractivity contribution in [3.8, 4) is 11.5 Å². The van der Waals surface area contributed by atoms with Crippen LogP contribution in [0.4, 0.5) is 15.8 Å². The number of rotatable bonds is 11. The van der Waals surface area contributed by atoms with Crippen molar-refractivity contribution in [3.63, 3.8) is 0 Å². The van der Waals surface area contributed by atoms with E-state index in [2.05, 4.69) is 22.3 Å². The Bertz CT molecular complexity index is 1530. The number of methoxy groups -OCH3 is 2. The van der Waals surface area contributed by atoms with Crippen LogP contribution < -0.4 is 24.6 Å². The lowest BCUT2D eigenvalue weighted by Gasteiger charge is -2.32. The van der Waals surface area contributed by atoms with Crippen molar-refractivity contribution in [1.29, 1.82) is 0 Å². The van der Waals surface area contributed by atoms with Gasteiger partial charge in [0.1, 0.15) is 11.9 Å². The Balaban J connectivity index is 1.50. The second-order valence-corrected chi connectivity index (χ2v) is 10.1. The summed E-state index contributed by atoms with van der Waals surface area (Å²) >= 11 is 0. The largest absolute Gasteiger partial charge is 0.493 e. The quantitative estimate of drug-likeness (QED) is 0.252. The van der Waals surface area contributed by atoms with E-state index in [-0.39, 0.29) is 24.8 Å². The Hall–Kier alpha value is -4.85. The molecule has 1 N–H and O–H groups in total. The van der Waals surface area contributed by atoms with Gasteiger partial charge in [-0.1, -0.05) is 54.6 Å². The van der Waals surface area contributed by atoms with Crippen LogP contribution in [0.5, 0.6) is 11.5 Å². The first kappa shape index (κ1) is 28.7. The van der Waals surface area contributed by atoms with Gasteiger partial charge in [0.15, 0.2) is 11.5 Å².